The minimum absolute atomic E-state index is 0.0719. The number of aliphatic hydroxyl groups excluding tert-OH is 1. The zero-order valence-electron chi connectivity index (χ0n) is 10.9. The third-order valence-electron chi connectivity index (χ3n) is 2.94. The van der Waals surface area contributed by atoms with E-state index in [4.69, 9.17) is 4.74 Å². The van der Waals surface area contributed by atoms with Crippen molar-refractivity contribution in [3.8, 4) is 0 Å². The fourth-order valence-corrected chi connectivity index (χ4v) is 2.61. The number of methoxy groups -OCH3 is 1. The maximum atomic E-state index is 9.99. The van der Waals surface area contributed by atoms with Crippen LogP contribution in [0.25, 0.3) is 0 Å². The van der Waals surface area contributed by atoms with Gasteiger partial charge in [-0.2, -0.15) is 5.10 Å². The van der Waals surface area contributed by atoms with Crippen LogP contribution in [0.15, 0.2) is 4.47 Å². The normalized spacial score (nSPS) is 14.9. The van der Waals surface area contributed by atoms with Crippen molar-refractivity contribution >= 4 is 15.9 Å². The molecule has 1 rings (SSSR count). The Balaban J connectivity index is 2.71. The number of rotatable bonds is 6. The first-order valence-corrected chi connectivity index (χ1v) is 6.69. The van der Waals surface area contributed by atoms with Crippen LogP contribution >= 0.6 is 15.9 Å². The van der Waals surface area contributed by atoms with Crippen molar-refractivity contribution in [3.63, 3.8) is 0 Å². The van der Waals surface area contributed by atoms with Crippen molar-refractivity contribution in [1.82, 2.24) is 9.78 Å². The molecule has 0 saturated heterocycles. The number of nitrogens with zero attached hydrogens (tertiary/aromatic N) is 2. The Morgan fingerprint density at radius 1 is 1.53 bits per heavy atom. The van der Waals surface area contributed by atoms with Crippen LogP contribution in [0.1, 0.15) is 31.7 Å². The molecule has 17 heavy (non-hydrogen) atoms. The maximum Gasteiger partial charge on any atom is 0.0766 e. The summed E-state index contributed by atoms with van der Waals surface area (Å²) >= 11 is 3.55. The molecular formula is C12H21BrN2O2. The molecule has 2 atom stereocenters. The average molecular weight is 305 g/mol. The molecule has 0 aliphatic heterocycles. The molecule has 1 N–H and O–H groups in total. The molecule has 0 saturated carbocycles. The second-order valence-corrected chi connectivity index (χ2v) is 5.12. The highest BCUT2D eigenvalue weighted by Crippen LogP contribution is 2.23. The van der Waals surface area contributed by atoms with Crippen molar-refractivity contribution in [2.24, 2.45) is 7.05 Å². The van der Waals surface area contributed by atoms with Gasteiger partial charge < -0.3 is 9.84 Å². The van der Waals surface area contributed by atoms with Gasteiger partial charge >= 0.3 is 0 Å². The van der Waals surface area contributed by atoms with Crippen molar-refractivity contribution < 1.29 is 9.84 Å². The third kappa shape index (κ3) is 3.79. The SMILES string of the molecule is CCc1nn(C)c(CC(O)CC(C)OC)c1Br. The van der Waals surface area contributed by atoms with Crippen molar-refractivity contribution in [2.45, 2.75) is 45.3 Å². The molecule has 0 fully saturated rings. The summed E-state index contributed by atoms with van der Waals surface area (Å²) in [6.45, 7) is 4.03. The zero-order valence-corrected chi connectivity index (χ0v) is 12.5. The number of aromatic nitrogens is 2. The van der Waals surface area contributed by atoms with E-state index in [2.05, 4.69) is 28.0 Å². The number of ether oxygens (including phenoxy) is 1. The van der Waals surface area contributed by atoms with E-state index in [-0.39, 0.29) is 6.10 Å². The first-order chi connectivity index (χ1) is 7.99. The van der Waals surface area contributed by atoms with Crippen LogP contribution in [-0.2, 0) is 24.6 Å². The monoisotopic (exact) mass is 304 g/mol. The molecule has 4 nitrogen and oxygen atoms in total. The van der Waals surface area contributed by atoms with E-state index in [0.717, 1.165) is 22.3 Å². The second-order valence-electron chi connectivity index (χ2n) is 4.32. The predicted molar refractivity (Wildman–Crippen MR) is 71.1 cm³/mol. The molecule has 1 aromatic rings. The Morgan fingerprint density at radius 3 is 2.65 bits per heavy atom. The summed E-state index contributed by atoms with van der Waals surface area (Å²) in [7, 11) is 3.57. The Kier molecular flexibility index (Phi) is 5.62. The molecule has 0 spiro atoms. The molecule has 98 valence electrons. The summed E-state index contributed by atoms with van der Waals surface area (Å²) in [6, 6.07) is 0. The van der Waals surface area contributed by atoms with Crippen LogP contribution in [0.2, 0.25) is 0 Å². The molecule has 1 aromatic heterocycles. The lowest BCUT2D eigenvalue weighted by Crippen LogP contribution is -2.20. The summed E-state index contributed by atoms with van der Waals surface area (Å²) < 4.78 is 8.01. The van der Waals surface area contributed by atoms with Gasteiger partial charge in [0.15, 0.2) is 0 Å². The lowest BCUT2D eigenvalue weighted by Gasteiger charge is -2.15. The van der Waals surface area contributed by atoms with E-state index in [1.165, 1.54) is 0 Å². The van der Waals surface area contributed by atoms with Gasteiger partial charge in [0.05, 0.1) is 28.1 Å². The molecule has 0 amide bonds. The minimum Gasteiger partial charge on any atom is -0.393 e. The van der Waals surface area contributed by atoms with Gasteiger partial charge in [-0.25, -0.2) is 0 Å². The van der Waals surface area contributed by atoms with Gasteiger partial charge in [-0.1, -0.05) is 6.92 Å². The largest absolute Gasteiger partial charge is 0.393 e. The summed E-state index contributed by atoms with van der Waals surface area (Å²) in [4.78, 5) is 0. The molecule has 5 heteroatoms. The zero-order chi connectivity index (χ0) is 13.0. The van der Waals surface area contributed by atoms with E-state index in [9.17, 15) is 5.11 Å². The molecule has 0 aromatic carbocycles. The molecule has 0 aliphatic rings. The molecular weight excluding hydrogens is 284 g/mol. The van der Waals surface area contributed by atoms with Crippen molar-refractivity contribution in [3.05, 3.63) is 15.9 Å². The number of halogens is 1. The van der Waals surface area contributed by atoms with E-state index in [1.54, 1.807) is 7.11 Å². The fourth-order valence-electron chi connectivity index (χ4n) is 1.83. The smallest absolute Gasteiger partial charge is 0.0766 e. The van der Waals surface area contributed by atoms with E-state index in [0.29, 0.717) is 12.8 Å². The maximum absolute atomic E-state index is 9.99. The molecule has 0 aliphatic carbocycles. The quantitative estimate of drug-likeness (QED) is 0.875. The van der Waals surface area contributed by atoms with Crippen LogP contribution in [0.3, 0.4) is 0 Å². The molecule has 0 radical (unpaired) electrons. The predicted octanol–water partition coefficient (Wildman–Crippen LogP) is 2.07. The first kappa shape index (κ1) is 14.7. The van der Waals surface area contributed by atoms with E-state index >= 15 is 0 Å². The third-order valence-corrected chi connectivity index (χ3v) is 3.85. The van der Waals surface area contributed by atoms with Gasteiger partial charge in [-0.05, 0) is 35.7 Å². The van der Waals surface area contributed by atoms with Crippen LogP contribution in [0.4, 0.5) is 0 Å². The minimum atomic E-state index is -0.402. The highest BCUT2D eigenvalue weighted by atomic mass is 79.9. The van der Waals surface area contributed by atoms with Gasteiger partial charge in [0, 0.05) is 20.6 Å². The number of hydrogen-bond donors (Lipinski definition) is 1. The highest BCUT2D eigenvalue weighted by molar-refractivity contribution is 9.10. The summed E-state index contributed by atoms with van der Waals surface area (Å²) in [6.07, 6.45) is 1.79. The van der Waals surface area contributed by atoms with Gasteiger partial charge in [0.1, 0.15) is 0 Å². The summed E-state index contributed by atoms with van der Waals surface area (Å²) in [5.41, 5.74) is 2.08. The number of hydrogen-bond acceptors (Lipinski definition) is 3. The van der Waals surface area contributed by atoms with Crippen LogP contribution < -0.4 is 0 Å². The van der Waals surface area contributed by atoms with Gasteiger partial charge in [-0.3, -0.25) is 4.68 Å². The summed E-state index contributed by atoms with van der Waals surface area (Å²) in [5.74, 6) is 0. The Morgan fingerprint density at radius 2 is 2.18 bits per heavy atom. The lowest BCUT2D eigenvalue weighted by atomic mass is 10.1. The number of aryl methyl sites for hydroxylation is 2. The average Bonchev–Trinajstić information content (AvgIpc) is 2.56. The second kappa shape index (κ2) is 6.52. The topological polar surface area (TPSA) is 47.3 Å². The Labute approximate surface area is 111 Å². The molecule has 1 heterocycles. The van der Waals surface area contributed by atoms with Crippen molar-refractivity contribution in [1.29, 1.82) is 0 Å². The molecule has 2 unspecified atom stereocenters. The van der Waals surface area contributed by atoms with Gasteiger partial charge in [-0.15, -0.1) is 0 Å². The van der Waals surface area contributed by atoms with Crippen LogP contribution in [0.5, 0.6) is 0 Å². The van der Waals surface area contributed by atoms with Crippen molar-refractivity contribution in [2.75, 3.05) is 7.11 Å². The Hall–Kier alpha value is -0.390. The van der Waals surface area contributed by atoms with Crippen LogP contribution in [0, 0.1) is 0 Å². The fraction of sp³-hybridized carbons (Fsp3) is 0.750. The summed E-state index contributed by atoms with van der Waals surface area (Å²) in [5, 5.41) is 14.4. The van der Waals surface area contributed by atoms with Crippen LogP contribution in [-0.4, -0.2) is 34.2 Å². The number of aliphatic hydroxyl groups is 1. The van der Waals surface area contributed by atoms with E-state index < -0.39 is 6.10 Å². The van der Waals surface area contributed by atoms with E-state index in [1.807, 2.05) is 18.7 Å². The lowest BCUT2D eigenvalue weighted by molar-refractivity contribution is 0.0558. The molecule has 0 bridgehead atoms. The van der Waals surface area contributed by atoms with Gasteiger partial charge in [0.25, 0.3) is 0 Å². The standard InChI is InChI=1S/C12H21BrN2O2/c1-5-10-12(13)11(15(3)14-10)7-9(16)6-8(2)17-4/h8-9,16H,5-7H2,1-4H3. The Bertz CT molecular complexity index is 366. The highest BCUT2D eigenvalue weighted by Gasteiger charge is 2.17. The van der Waals surface area contributed by atoms with Gasteiger partial charge in [0.2, 0.25) is 0 Å². The first-order valence-electron chi connectivity index (χ1n) is 5.90.